The Hall–Kier alpha value is -1.30. The van der Waals surface area contributed by atoms with Gasteiger partial charge in [0, 0.05) is 10.8 Å². The molecular formula is C13H10ClN3S2. The fourth-order valence-corrected chi connectivity index (χ4v) is 3.34. The van der Waals surface area contributed by atoms with Gasteiger partial charge in [-0.25, -0.2) is 4.98 Å². The Morgan fingerprint density at radius 3 is 2.89 bits per heavy atom. The number of hydrogen-bond acceptors (Lipinski definition) is 4. The van der Waals surface area contributed by atoms with Gasteiger partial charge in [-0.2, -0.15) is 0 Å². The van der Waals surface area contributed by atoms with E-state index in [1.54, 1.807) is 23.1 Å². The maximum Gasteiger partial charge on any atom is 0.209 e. The van der Waals surface area contributed by atoms with Crippen molar-refractivity contribution < 1.29 is 0 Å². The summed E-state index contributed by atoms with van der Waals surface area (Å²) in [6.45, 7) is 0. The van der Waals surface area contributed by atoms with Crippen LogP contribution in [0.25, 0.3) is 10.7 Å². The summed E-state index contributed by atoms with van der Waals surface area (Å²) in [5.74, 6) is 1.58. The number of aromatic nitrogens is 3. The minimum absolute atomic E-state index is 0.739. The maximum atomic E-state index is 6.12. The number of thiophene rings is 1. The number of benzene rings is 1. The van der Waals surface area contributed by atoms with Crippen molar-refractivity contribution in [1.82, 2.24) is 15.2 Å². The summed E-state index contributed by atoms with van der Waals surface area (Å²) >= 11 is 9.33. The molecule has 3 nitrogen and oxygen atoms in total. The Kier molecular flexibility index (Phi) is 3.87. The van der Waals surface area contributed by atoms with Crippen LogP contribution in [0.4, 0.5) is 0 Å². The van der Waals surface area contributed by atoms with Crippen LogP contribution >= 0.6 is 34.7 Å². The lowest BCUT2D eigenvalue weighted by molar-refractivity contribution is 0.973. The van der Waals surface area contributed by atoms with Gasteiger partial charge in [0.1, 0.15) is 0 Å². The zero-order valence-corrected chi connectivity index (χ0v) is 12.2. The average molecular weight is 308 g/mol. The molecule has 0 unspecified atom stereocenters. The number of aromatic amines is 1. The Balaban J connectivity index is 1.70. The molecule has 3 aromatic rings. The van der Waals surface area contributed by atoms with Crippen LogP contribution in [-0.4, -0.2) is 15.2 Å². The fraction of sp³-hybridized carbons (Fsp3) is 0.0769. The molecular weight excluding hydrogens is 298 g/mol. The molecule has 0 spiro atoms. The third kappa shape index (κ3) is 3.00. The van der Waals surface area contributed by atoms with Gasteiger partial charge in [0.05, 0.1) is 4.88 Å². The van der Waals surface area contributed by atoms with Crippen molar-refractivity contribution in [3.63, 3.8) is 0 Å². The summed E-state index contributed by atoms with van der Waals surface area (Å²) < 4.78 is 0. The van der Waals surface area contributed by atoms with Crippen molar-refractivity contribution >= 4 is 34.7 Å². The Morgan fingerprint density at radius 2 is 2.11 bits per heavy atom. The van der Waals surface area contributed by atoms with E-state index in [4.69, 9.17) is 11.6 Å². The molecule has 0 aliphatic rings. The van der Waals surface area contributed by atoms with Gasteiger partial charge in [-0.05, 0) is 23.1 Å². The molecule has 0 bridgehead atoms. The second-order valence-corrected chi connectivity index (χ2v) is 6.12. The first-order valence-electron chi connectivity index (χ1n) is 5.65. The van der Waals surface area contributed by atoms with Crippen LogP contribution in [0.15, 0.2) is 46.9 Å². The third-order valence-corrected chi connectivity index (χ3v) is 4.68. The quantitative estimate of drug-likeness (QED) is 0.723. The molecule has 0 aliphatic carbocycles. The first-order chi connectivity index (χ1) is 9.33. The van der Waals surface area contributed by atoms with E-state index in [-0.39, 0.29) is 0 Å². The van der Waals surface area contributed by atoms with E-state index in [9.17, 15) is 0 Å². The first-order valence-corrected chi connectivity index (χ1v) is 7.90. The number of H-pyrrole nitrogens is 1. The molecule has 0 radical (unpaired) electrons. The molecule has 19 heavy (non-hydrogen) atoms. The van der Waals surface area contributed by atoms with E-state index in [2.05, 4.69) is 15.2 Å². The van der Waals surface area contributed by atoms with Crippen molar-refractivity contribution in [3.05, 3.63) is 52.4 Å². The Labute approximate surface area is 124 Å². The number of rotatable bonds is 4. The van der Waals surface area contributed by atoms with E-state index in [0.717, 1.165) is 32.2 Å². The molecule has 2 aromatic heterocycles. The first kappa shape index (κ1) is 12.7. The van der Waals surface area contributed by atoms with Gasteiger partial charge >= 0.3 is 0 Å². The molecule has 0 saturated carbocycles. The van der Waals surface area contributed by atoms with Crippen LogP contribution in [-0.2, 0) is 5.75 Å². The summed E-state index contributed by atoms with van der Waals surface area (Å²) in [7, 11) is 0. The highest BCUT2D eigenvalue weighted by atomic mass is 35.5. The van der Waals surface area contributed by atoms with E-state index in [1.807, 2.05) is 41.8 Å². The van der Waals surface area contributed by atoms with Gasteiger partial charge in [0.15, 0.2) is 5.82 Å². The number of thioether (sulfide) groups is 1. The summed E-state index contributed by atoms with van der Waals surface area (Å²) in [6.07, 6.45) is 0. The molecule has 0 fully saturated rings. The number of halogens is 1. The van der Waals surface area contributed by atoms with Crippen LogP contribution < -0.4 is 0 Å². The number of hydrogen-bond donors (Lipinski definition) is 1. The van der Waals surface area contributed by atoms with Crippen LogP contribution in [0.1, 0.15) is 5.56 Å². The van der Waals surface area contributed by atoms with Gasteiger partial charge in [-0.1, -0.05) is 47.6 Å². The van der Waals surface area contributed by atoms with E-state index >= 15 is 0 Å². The molecule has 0 atom stereocenters. The predicted octanol–water partition coefficient (Wildman–Crippen LogP) is 4.48. The highest BCUT2D eigenvalue weighted by molar-refractivity contribution is 7.98. The van der Waals surface area contributed by atoms with Crippen LogP contribution in [0, 0.1) is 0 Å². The van der Waals surface area contributed by atoms with Crippen LogP contribution in [0.3, 0.4) is 0 Å². The van der Waals surface area contributed by atoms with E-state index in [1.165, 1.54) is 0 Å². The maximum absolute atomic E-state index is 6.12. The summed E-state index contributed by atoms with van der Waals surface area (Å²) in [5.41, 5.74) is 1.09. The molecule has 3 rings (SSSR count). The summed E-state index contributed by atoms with van der Waals surface area (Å²) in [6, 6.07) is 11.8. The molecule has 96 valence electrons. The monoisotopic (exact) mass is 307 g/mol. The second-order valence-electron chi connectivity index (χ2n) is 3.82. The van der Waals surface area contributed by atoms with Gasteiger partial charge in [-0.15, -0.1) is 16.4 Å². The Morgan fingerprint density at radius 1 is 1.21 bits per heavy atom. The van der Waals surface area contributed by atoms with Crippen molar-refractivity contribution in [1.29, 1.82) is 0 Å². The topological polar surface area (TPSA) is 41.6 Å². The molecule has 6 heteroatoms. The highest BCUT2D eigenvalue weighted by Gasteiger charge is 2.08. The third-order valence-electron chi connectivity index (χ3n) is 2.53. The van der Waals surface area contributed by atoms with Gasteiger partial charge in [-0.3, -0.25) is 5.10 Å². The molecule has 0 amide bonds. The van der Waals surface area contributed by atoms with Gasteiger partial charge < -0.3 is 0 Å². The lowest BCUT2D eigenvalue weighted by Gasteiger charge is -2.00. The lowest BCUT2D eigenvalue weighted by Crippen LogP contribution is -1.83. The van der Waals surface area contributed by atoms with Crippen LogP contribution in [0.5, 0.6) is 0 Å². The average Bonchev–Trinajstić information content (AvgIpc) is 3.09. The lowest BCUT2D eigenvalue weighted by atomic mass is 10.2. The number of nitrogens with zero attached hydrogens (tertiary/aromatic N) is 2. The fourth-order valence-electron chi connectivity index (χ4n) is 1.59. The standard InChI is InChI=1S/C13H10ClN3S2/c14-10-5-2-1-4-9(10)8-19-13-15-12(16-17-13)11-6-3-7-18-11/h1-7H,8H2,(H,15,16,17). The van der Waals surface area contributed by atoms with Crippen molar-refractivity contribution in [2.75, 3.05) is 0 Å². The number of nitrogens with one attached hydrogen (secondary N) is 1. The van der Waals surface area contributed by atoms with Crippen molar-refractivity contribution in [3.8, 4) is 10.7 Å². The summed E-state index contributed by atoms with van der Waals surface area (Å²) in [4.78, 5) is 5.56. The van der Waals surface area contributed by atoms with Crippen LogP contribution in [0.2, 0.25) is 5.02 Å². The highest BCUT2D eigenvalue weighted by Crippen LogP contribution is 2.27. The zero-order valence-electron chi connectivity index (χ0n) is 9.84. The smallest absolute Gasteiger partial charge is 0.209 e. The van der Waals surface area contributed by atoms with Gasteiger partial charge in [0.2, 0.25) is 5.16 Å². The second kappa shape index (κ2) is 5.77. The minimum atomic E-state index is 0.739. The Bertz CT molecular complexity index is 664. The largest absolute Gasteiger partial charge is 0.257 e. The molecule has 0 aliphatic heterocycles. The minimum Gasteiger partial charge on any atom is -0.257 e. The van der Waals surface area contributed by atoms with Crippen molar-refractivity contribution in [2.24, 2.45) is 0 Å². The molecule has 1 N–H and O–H groups in total. The normalized spacial score (nSPS) is 10.8. The molecule has 2 heterocycles. The molecule has 1 aromatic carbocycles. The van der Waals surface area contributed by atoms with Gasteiger partial charge in [0.25, 0.3) is 0 Å². The SMILES string of the molecule is Clc1ccccc1CSc1n[nH]c(-c2cccs2)n1. The van der Waals surface area contributed by atoms with E-state index < -0.39 is 0 Å². The molecule has 0 saturated heterocycles. The predicted molar refractivity (Wildman–Crippen MR) is 80.7 cm³/mol. The summed E-state index contributed by atoms with van der Waals surface area (Å²) in [5, 5.41) is 10.7. The zero-order chi connectivity index (χ0) is 13.1. The van der Waals surface area contributed by atoms with E-state index in [0.29, 0.717) is 0 Å². The van der Waals surface area contributed by atoms with Crippen molar-refractivity contribution in [2.45, 2.75) is 10.9 Å².